The first-order valence-electron chi connectivity index (χ1n) is 13.5. The molecule has 0 radical (unpaired) electrons. The molecule has 2 aliphatic heterocycles. The number of hydrogen-bond acceptors (Lipinski definition) is 9. The second kappa shape index (κ2) is 9.85. The van der Waals surface area contributed by atoms with Crippen LogP contribution in [-0.4, -0.2) is 78.9 Å². The number of thiazole rings is 1. The first kappa shape index (κ1) is 25.1. The summed E-state index contributed by atoms with van der Waals surface area (Å²) in [4.78, 5) is 44.2. The van der Waals surface area contributed by atoms with E-state index in [0.29, 0.717) is 40.2 Å². The Kier molecular flexibility index (Phi) is 6.51. The number of Topliss-reactive ketones (excluding diaryl/α,β-unsaturated/α-hetero) is 1. The van der Waals surface area contributed by atoms with Crippen LogP contribution in [0.4, 0.5) is 5.95 Å². The first-order chi connectivity index (χ1) is 18.3. The van der Waals surface area contributed by atoms with Gasteiger partial charge in [0, 0.05) is 36.3 Å². The molecule has 3 N–H and O–H groups in total. The van der Waals surface area contributed by atoms with Gasteiger partial charge >= 0.3 is 0 Å². The van der Waals surface area contributed by atoms with E-state index < -0.39 is 0 Å². The summed E-state index contributed by atoms with van der Waals surface area (Å²) in [6.45, 7) is 8.08. The van der Waals surface area contributed by atoms with Crippen LogP contribution in [0, 0.1) is 0 Å². The number of hydrogen-bond donors (Lipinski definition) is 2. The van der Waals surface area contributed by atoms with E-state index in [0.717, 1.165) is 37.1 Å². The van der Waals surface area contributed by atoms with E-state index in [1.54, 1.807) is 11.6 Å². The second-order valence-corrected chi connectivity index (χ2v) is 12.3. The normalized spacial score (nSPS) is 19.7. The topological polar surface area (TPSA) is 134 Å². The number of rotatable bonds is 5. The summed E-state index contributed by atoms with van der Waals surface area (Å²) in [5.41, 5.74) is 9.53. The number of carbonyl (C=O) groups excluding carboxylic acids is 2. The van der Waals surface area contributed by atoms with Crippen LogP contribution in [0.1, 0.15) is 83.1 Å². The Morgan fingerprint density at radius 2 is 1.87 bits per heavy atom. The number of H-pyrrole nitrogens is 1. The van der Waals surface area contributed by atoms with E-state index in [2.05, 4.69) is 43.9 Å². The summed E-state index contributed by atoms with van der Waals surface area (Å²) in [7, 11) is 0. The molecule has 0 bridgehead atoms. The Hall–Kier alpha value is -3.18. The van der Waals surface area contributed by atoms with Crippen LogP contribution in [0.5, 0.6) is 0 Å². The smallest absolute Gasteiger partial charge is 0.273 e. The number of likely N-dealkylation sites (tertiary alicyclic amines) is 2. The molecular weight excluding hydrogens is 500 g/mol. The van der Waals surface area contributed by atoms with Gasteiger partial charge in [0.2, 0.25) is 5.95 Å². The van der Waals surface area contributed by atoms with Gasteiger partial charge in [-0.15, -0.1) is 11.3 Å². The van der Waals surface area contributed by atoms with Crippen molar-refractivity contribution in [1.82, 2.24) is 34.9 Å². The third kappa shape index (κ3) is 4.62. The fourth-order valence-electron chi connectivity index (χ4n) is 6.29. The predicted molar refractivity (Wildman–Crippen MR) is 145 cm³/mol. The summed E-state index contributed by atoms with van der Waals surface area (Å²) in [5, 5.41) is 9.83. The molecule has 3 aromatic heterocycles. The zero-order valence-electron chi connectivity index (χ0n) is 22.0. The molecule has 6 rings (SSSR count). The van der Waals surface area contributed by atoms with Gasteiger partial charge in [0.15, 0.2) is 5.78 Å². The fraction of sp³-hybridized carbons (Fsp3) is 0.556. The molecule has 2 fully saturated rings. The second-order valence-electron chi connectivity index (χ2n) is 11.3. The lowest BCUT2D eigenvalue weighted by atomic mass is 9.73. The van der Waals surface area contributed by atoms with E-state index in [1.165, 1.54) is 43.7 Å². The number of nitrogen functional groups attached to an aromatic ring is 1. The number of nitrogens with zero attached hydrogens (tertiary/aromatic N) is 6. The van der Waals surface area contributed by atoms with Crippen molar-refractivity contribution in [1.29, 1.82) is 0 Å². The van der Waals surface area contributed by atoms with Gasteiger partial charge in [0.1, 0.15) is 22.1 Å². The van der Waals surface area contributed by atoms with E-state index in [9.17, 15) is 9.59 Å². The van der Waals surface area contributed by atoms with Gasteiger partial charge in [-0.2, -0.15) is 5.10 Å². The molecule has 0 unspecified atom stereocenters. The van der Waals surface area contributed by atoms with Crippen LogP contribution in [0.3, 0.4) is 0 Å². The highest BCUT2D eigenvalue weighted by Crippen LogP contribution is 2.43. The van der Waals surface area contributed by atoms with Crippen molar-refractivity contribution in [2.24, 2.45) is 0 Å². The standard InChI is InChI=1S/C27H34N8O2S/c1-27(2)13-16-14-29-26(28)31-22(16)24-21(27)23(32-33-24)19(36)12-20-30-18(15-38-20)25(37)35-10-6-17(7-11-35)34-8-4-3-5-9-34/h14-15,17H,3-13H2,1-2H3,(H,32,33)(H2,28,29,31). The number of aromatic nitrogens is 5. The molecule has 0 aromatic carbocycles. The molecule has 3 aliphatic rings. The van der Waals surface area contributed by atoms with E-state index in [4.69, 9.17) is 5.73 Å². The van der Waals surface area contributed by atoms with Crippen molar-refractivity contribution in [2.75, 3.05) is 31.9 Å². The Morgan fingerprint density at radius 1 is 1.11 bits per heavy atom. The highest BCUT2D eigenvalue weighted by molar-refractivity contribution is 7.10. The first-order valence-corrected chi connectivity index (χ1v) is 14.4. The van der Waals surface area contributed by atoms with E-state index in [1.807, 2.05) is 4.90 Å². The number of nitrogens with one attached hydrogen (secondary N) is 1. The van der Waals surface area contributed by atoms with Crippen molar-refractivity contribution in [3.63, 3.8) is 0 Å². The summed E-state index contributed by atoms with van der Waals surface area (Å²) < 4.78 is 0. The molecule has 3 aromatic rings. The minimum atomic E-state index is -0.329. The van der Waals surface area contributed by atoms with E-state index >= 15 is 0 Å². The third-order valence-electron chi connectivity index (χ3n) is 8.20. The Bertz CT molecular complexity index is 1370. The molecule has 10 nitrogen and oxygen atoms in total. The van der Waals surface area contributed by atoms with Crippen LogP contribution < -0.4 is 5.73 Å². The van der Waals surface area contributed by atoms with Gasteiger partial charge in [-0.05, 0) is 56.2 Å². The molecule has 1 aliphatic carbocycles. The van der Waals surface area contributed by atoms with Crippen molar-refractivity contribution >= 4 is 29.0 Å². The fourth-order valence-corrected chi connectivity index (χ4v) is 7.06. The number of amides is 1. The molecular formula is C27H34N8O2S. The van der Waals surface area contributed by atoms with Crippen LogP contribution in [0.2, 0.25) is 0 Å². The van der Waals surface area contributed by atoms with Crippen LogP contribution >= 0.6 is 11.3 Å². The number of ketones is 1. The Labute approximate surface area is 226 Å². The van der Waals surface area contributed by atoms with Gasteiger partial charge in [-0.25, -0.2) is 15.0 Å². The lowest BCUT2D eigenvalue weighted by Gasteiger charge is -2.40. The van der Waals surface area contributed by atoms with Crippen molar-refractivity contribution in [3.05, 3.63) is 39.1 Å². The summed E-state index contributed by atoms with van der Waals surface area (Å²) in [6, 6.07) is 0.586. The molecule has 1 amide bonds. The van der Waals surface area contributed by atoms with Gasteiger partial charge in [-0.1, -0.05) is 20.3 Å². The van der Waals surface area contributed by atoms with Crippen LogP contribution in [-0.2, 0) is 18.3 Å². The van der Waals surface area contributed by atoms with E-state index in [-0.39, 0.29) is 29.5 Å². The maximum atomic E-state index is 13.4. The molecule has 2 saturated heterocycles. The zero-order valence-corrected chi connectivity index (χ0v) is 22.8. The van der Waals surface area contributed by atoms with Gasteiger partial charge in [0.05, 0.1) is 12.1 Å². The molecule has 0 saturated carbocycles. The predicted octanol–water partition coefficient (Wildman–Crippen LogP) is 3.26. The van der Waals surface area contributed by atoms with Gasteiger partial charge in [-0.3, -0.25) is 14.7 Å². The number of anilines is 1. The highest BCUT2D eigenvalue weighted by Gasteiger charge is 2.38. The average Bonchev–Trinajstić information content (AvgIpc) is 3.58. The minimum Gasteiger partial charge on any atom is -0.368 e. The third-order valence-corrected chi connectivity index (χ3v) is 9.05. The number of carbonyl (C=O) groups is 2. The number of fused-ring (bicyclic) bond motifs is 3. The molecule has 0 spiro atoms. The zero-order chi connectivity index (χ0) is 26.4. The molecule has 38 heavy (non-hydrogen) atoms. The van der Waals surface area contributed by atoms with Crippen molar-refractivity contribution in [3.8, 4) is 11.4 Å². The molecule has 5 heterocycles. The Morgan fingerprint density at radius 3 is 2.63 bits per heavy atom. The van der Waals surface area contributed by atoms with Gasteiger partial charge in [0.25, 0.3) is 5.91 Å². The van der Waals surface area contributed by atoms with Crippen molar-refractivity contribution < 1.29 is 9.59 Å². The monoisotopic (exact) mass is 534 g/mol. The number of nitrogens with two attached hydrogens (primary N) is 1. The SMILES string of the molecule is CC1(C)Cc2cnc(N)nc2-c2n[nH]c(C(=O)Cc3nc(C(=O)N4CCC(N5CCCCC5)CC4)cs3)c21. The van der Waals surface area contributed by atoms with Crippen LogP contribution in [0.15, 0.2) is 11.6 Å². The largest absolute Gasteiger partial charge is 0.368 e. The van der Waals surface area contributed by atoms with Gasteiger partial charge < -0.3 is 15.5 Å². The summed E-state index contributed by atoms with van der Waals surface area (Å²) in [5.74, 6) is 0.0416. The number of aromatic amines is 1. The maximum Gasteiger partial charge on any atom is 0.273 e. The minimum absolute atomic E-state index is 0.0361. The molecule has 200 valence electrons. The number of piperidine rings is 2. The lowest BCUT2D eigenvalue weighted by Crippen LogP contribution is -2.48. The lowest BCUT2D eigenvalue weighted by molar-refractivity contribution is 0.0585. The highest BCUT2D eigenvalue weighted by atomic mass is 32.1. The quantitative estimate of drug-likeness (QED) is 0.477. The maximum absolute atomic E-state index is 13.4. The van der Waals surface area contributed by atoms with Crippen molar-refractivity contribution in [2.45, 2.75) is 70.3 Å². The summed E-state index contributed by atoms with van der Waals surface area (Å²) in [6.07, 6.45) is 8.47. The Balaban J connectivity index is 1.13. The van der Waals surface area contributed by atoms with Crippen LogP contribution in [0.25, 0.3) is 11.4 Å². The molecule has 11 heteroatoms. The molecule has 0 atom stereocenters. The average molecular weight is 535 g/mol. The summed E-state index contributed by atoms with van der Waals surface area (Å²) >= 11 is 1.36.